The Morgan fingerprint density at radius 2 is 1.79 bits per heavy atom. The lowest BCUT2D eigenvalue weighted by molar-refractivity contribution is -0.282. The highest BCUT2D eigenvalue weighted by Crippen LogP contribution is 2.93. The number of allylic oxidation sites excluding steroid dienone is 1. The van der Waals surface area contributed by atoms with Crippen molar-refractivity contribution < 1.29 is 53.1 Å². The third-order valence-corrected chi connectivity index (χ3v) is 27.5. The topological polar surface area (TPSA) is 181 Å². The minimum Gasteiger partial charge on any atom is -0.469 e. The summed E-state index contributed by atoms with van der Waals surface area (Å²) in [7, 11) is 0. The van der Waals surface area contributed by atoms with Crippen LogP contribution in [-0.2, 0) is 39.8 Å². The van der Waals surface area contributed by atoms with E-state index in [1.54, 1.807) is 6.26 Å². The first-order chi connectivity index (χ1) is 35.2. The van der Waals surface area contributed by atoms with E-state index in [2.05, 4.69) is 49.3 Å². The molecule has 5 bridgehead atoms. The summed E-state index contributed by atoms with van der Waals surface area (Å²) in [5.74, 6) is -0.371. The molecule has 0 aromatic carbocycles. The molecular weight excluding hydrogens is 925 g/mol. The number of aliphatic hydroxyl groups is 3. The molecular formula is C60H76N2O11. The first-order valence-electron chi connectivity index (χ1n) is 29.3. The largest absolute Gasteiger partial charge is 0.469 e. The van der Waals surface area contributed by atoms with Crippen molar-refractivity contribution in [3.8, 4) is 0 Å². The zero-order valence-electron chi connectivity index (χ0n) is 43.0. The lowest BCUT2D eigenvalue weighted by Gasteiger charge is -2.70. The van der Waals surface area contributed by atoms with Crippen molar-refractivity contribution in [2.24, 2.45) is 97.6 Å². The fourth-order valence-electron chi connectivity index (χ4n) is 25.9. The smallest absolute Gasteiger partial charge is 0.339 e. The average Bonchev–Trinajstić information content (AvgIpc) is 4.15. The van der Waals surface area contributed by atoms with E-state index in [4.69, 9.17) is 23.4 Å². The van der Waals surface area contributed by atoms with Crippen molar-refractivity contribution in [1.82, 2.24) is 10.2 Å². The number of rotatable bonds is 6. The Bertz CT molecular complexity index is 2730. The van der Waals surface area contributed by atoms with E-state index < -0.39 is 80.7 Å². The molecule has 17 rings (SSSR count). The van der Waals surface area contributed by atoms with E-state index in [0.717, 1.165) is 76.6 Å². The maximum atomic E-state index is 16.1. The predicted molar refractivity (Wildman–Crippen MR) is 260 cm³/mol. The van der Waals surface area contributed by atoms with Crippen LogP contribution in [0.4, 0.5) is 0 Å². The van der Waals surface area contributed by atoms with Gasteiger partial charge in [-0.1, -0.05) is 38.8 Å². The summed E-state index contributed by atoms with van der Waals surface area (Å²) in [4.78, 5) is 49.4. The normalized spacial score (nSPS) is 56.8. The van der Waals surface area contributed by atoms with Gasteiger partial charge in [0.05, 0.1) is 48.5 Å². The van der Waals surface area contributed by atoms with Crippen LogP contribution >= 0.6 is 0 Å². The molecule has 0 radical (unpaired) electrons. The highest BCUT2D eigenvalue weighted by atomic mass is 16.7. The molecule has 0 unspecified atom stereocenters. The molecule has 6 spiro atoms. The summed E-state index contributed by atoms with van der Waals surface area (Å²) in [6, 6.07) is 2.42. The minimum atomic E-state index is -1.47. The number of carbonyl (C=O) groups is 3. The van der Waals surface area contributed by atoms with E-state index in [-0.39, 0.29) is 65.9 Å². The number of Topliss-reactive ketones (excluding diaryl/α,β-unsaturated/α-hetero) is 1. The summed E-state index contributed by atoms with van der Waals surface area (Å²) in [6.07, 6.45) is 21.4. The van der Waals surface area contributed by atoms with Crippen LogP contribution in [0.15, 0.2) is 40.7 Å². The van der Waals surface area contributed by atoms with Gasteiger partial charge in [0.1, 0.15) is 35.8 Å². The predicted octanol–water partition coefficient (Wildman–Crippen LogP) is 6.72. The Hall–Kier alpha value is -3.07. The molecule has 0 amide bonds. The van der Waals surface area contributed by atoms with Crippen LogP contribution in [0.3, 0.4) is 0 Å². The molecule has 5 saturated heterocycles. The Kier molecular flexibility index (Phi) is 8.49. The van der Waals surface area contributed by atoms with E-state index in [9.17, 15) is 20.1 Å². The highest BCUT2D eigenvalue weighted by Gasteiger charge is 2.99. The lowest BCUT2D eigenvalue weighted by Crippen LogP contribution is -2.80. The van der Waals surface area contributed by atoms with Crippen molar-refractivity contribution in [1.29, 1.82) is 0 Å². The second-order valence-corrected chi connectivity index (χ2v) is 28.7. The Labute approximate surface area is 428 Å². The molecule has 8 heterocycles. The molecule has 4 N–H and O–H groups in total. The van der Waals surface area contributed by atoms with Crippen LogP contribution in [0.1, 0.15) is 141 Å². The molecule has 9 aliphatic carbocycles. The number of furan rings is 1. The third-order valence-electron chi connectivity index (χ3n) is 27.5. The molecule has 7 aliphatic heterocycles. The van der Waals surface area contributed by atoms with Crippen molar-refractivity contribution in [2.75, 3.05) is 26.4 Å². The fourth-order valence-corrected chi connectivity index (χ4v) is 25.9. The monoisotopic (exact) mass is 1000 g/mol. The number of hydrogen-bond donors (Lipinski definition) is 4. The number of ketones is 1. The number of ether oxygens (including phenoxy) is 4. The first kappa shape index (κ1) is 45.0. The molecule has 14 fully saturated rings. The van der Waals surface area contributed by atoms with Crippen LogP contribution in [0, 0.1) is 97.6 Å². The molecule has 392 valence electrons. The van der Waals surface area contributed by atoms with Crippen LogP contribution in [0.25, 0.3) is 0 Å². The second-order valence-electron chi connectivity index (χ2n) is 28.7. The molecule has 1 aromatic heterocycles. The van der Waals surface area contributed by atoms with Gasteiger partial charge in [-0.3, -0.25) is 14.9 Å². The zero-order valence-corrected chi connectivity index (χ0v) is 43.0. The van der Waals surface area contributed by atoms with Crippen molar-refractivity contribution >= 4 is 17.7 Å². The van der Waals surface area contributed by atoms with Gasteiger partial charge in [-0.2, -0.15) is 0 Å². The molecule has 73 heavy (non-hydrogen) atoms. The highest BCUT2D eigenvalue weighted by molar-refractivity contribution is 5.94. The van der Waals surface area contributed by atoms with Crippen molar-refractivity contribution in [2.45, 2.75) is 177 Å². The van der Waals surface area contributed by atoms with E-state index >= 15 is 9.59 Å². The molecule has 16 aliphatic rings. The fraction of sp³-hybridized carbons (Fsp3) is 0.817. The van der Waals surface area contributed by atoms with E-state index in [1.165, 1.54) is 37.7 Å². The quantitative estimate of drug-likeness (QED) is 0.134. The SMILES string of the molecule is C[C@]12[C@H](O)C(=O)[C@H]3[C@@]45COC(=O)[C@H]6[C@@]78[C@H](CC[C@]79CCC7(CCCC7)[C@@H]9CC[C@H]8[C@H](C[C@@]7(C)[C@H](c8ccoc8C[C@@H]([C@H]8CC[C@@H]9[C@H](C=CN%10CNC[C@@H]9%10)C8)[C@H](O)CO)OC(=O)[C@H]8O[C@@]817)[C@@H]24)CC1=CC[C@]3(C)O[C@@]165. The maximum absolute atomic E-state index is 16.1. The molecule has 9 saturated carbocycles. The number of esters is 2. The van der Waals surface area contributed by atoms with Gasteiger partial charge in [0.15, 0.2) is 11.9 Å². The molecule has 24 atom stereocenters. The van der Waals surface area contributed by atoms with Gasteiger partial charge in [0.2, 0.25) is 0 Å². The minimum absolute atomic E-state index is 0.0587. The summed E-state index contributed by atoms with van der Waals surface area (Å²) in [6.45, 7) is 7.98. The van der Waals surface area contributed by atoms with Gasteiger partial charge in [0, 0.05) is 35.4 Å². The van der Waals surface area contributed by atoms with Gasteiger partial charge in [-0.15, -0.1) is 0 Å². The standard InChI is InChI=1S/C60H76N2O11/c1-52-25-37-38-8-9-42-55(14-4-5-15-55)18-19-56(42)17-11-32-23-33-10-16-53(2)45-43(65)47(66)54(3,44(37)57(45)28-70-50(67)46(58(32,38)56)59(33,57)73-53)60(52)49(72-60)51(68)71-48(52)35-13-21-69-41(35)24-36(40(64)27-63)30-6-7-34-31(22-30)12-20-62-29-61-26-39(34)62/h10,12-13,20-21,30-32,34,36-40,42,44-49,61,63-64,66H,4-9,11,14-19,22-29H2,1-3H3/t30-,31+,32+,34+,36-,37-,38-,39-,40+,42-,44-,45+,46-,47+,48-,49+,52-,53-,54-,56+,57+,58-,59-,60+/m0/s1. The lowest BCUT2D eigenvalue weighted by atomic mass is 9.32. The number of carbonyl (C=O) groups excluding carboxylic acids is 3. The van der Waals surface area contributed by atoms with Crippen LogP contribution in [0.2, 0.25) is 0 Å². The number of nitrogens with one attached hydrogen (secondary N) is 1. The van der Waals surface area contributed by atoms with E-state index in [1.807, 2.05) is 6.07 Å². The van der Waals surface area contributed by atoms with Crippen LogP contribution < -0.4 is 5.32 Å². The first-order valence-corrected chi connectivity index (χ1v) is 29.3. The molecule has 1 aromatic rings. The Morgan fingerprint density at radius 1 is 0.945 bits per heavy atom. The Balaban J connectivity index is 0.841. The Morgan fingerprint density at radius 3 is 2.63 bits per heavy atom. The van der Waals surface area contributed by atoms with Gasteiger partial charge >= 0.3 is 11.9 Å². The van der Waals surface area contributed by atoms with Crippen molar-refractivity contribution in [3.05, 3.63) is 47.6 Å². The number of nitrogens with zero attached hydrogens (tertiary/aromatic N) is 1. The molecule has 13 heteroatoms. The van der Waals surface area contributed by atoms with Gasteiger partial charge < -0.3 is 43.6 Å². The van der Waals surface area contributed by atoms with Gasteiger partial charge in [0.25, 0.3) is 0 Å². The van der Waals surface area contributed by atoms with Crippen molar-refractivity contribution in [3.63, 3.8) is 0 Å². The summed E-state index contributed by atoms with van der Waals surface area (Å²) < 4.78 is 35.5. The number of fused-ring (bicyclic) bond motifs is 7. The zero-order chi connectivity index (χ0) is 49.4. The number of hydrogen-bond acceptors (Lipinski definition) is 13. The average molecular weight is 1000 g/mol. The summed E-state index contributed by atoms with van der Waals surface area (Å²) in [5.41, 5.74) is -4.83. The second kappa shape index (κ2) is 13.8. The maximum Gasteiger partial charge on any atom is 0.339 e. The third kappa shape index (κ3) is 4.50. The van der Waals surface area contributed by atoms with Crippen LogP contribution in [0.5, 0.6) is 0 Å². The summed E-state index contributed by atoms with van der Waals surface area (Å²) in [5, 5.41) is 39.6. The number of cyclic esters (lactones) is 2. The number of epoxide rings is 1. The van der Waals surface area contributed by atoms with Gasteiger partial charge in [-0.05, 0) is 184 Å². The van der Waals surface area contributed by atoms with Crippen LogP contribution in [-0.4, -0.2) is 106 Å². The number of aliphatic hydroxyl groups excluding tert-OH is 3. The van der Waals surface area contributed by atoms with Gasteiger partial charge in [-0.25, -0.2) is 4.79 Å². The van der Waals surface area contributed by atoms with E-state index in [0.29, 0.717) is 54.2 Å². The molecule has 13 nitrogen and oxygen atoms in total. The summed E-state index contributed by atoms with van der Waals surface area (Å²) >= 11 is 0.